The lowest BCUT2D eigenvalue weighted by Gasteiger charge is -2.21. The van der Waals surface area contributed by atoms with E-state index in [1.165, 1.54) is 6.33 Å². The molecule has 0 saturated carbocycles. The van der Waals surface area contributed by atoms with E-state index in [1.54, 1.807) is 0 Å². The zero-order valence-corrected chi connectivity index (χ0v) is 15.6. The molecule has 0 amide bonds. The summed E-state index contributed by atoms with van der Waals surface area (Å²) < 4.78 is 14.7. The summed E-state index contributed by atoms with van der Waals surface area (Å²) in [5.74, 6) is 0.557. The van der Waals surface area contributed by atoms with E-state index >= 15 is 0 Å². The fraction of sp³-hybridized carbons (Fsp3) is 0.333. The lowest BCUT2D eigenvalue weighted by molar-refractivity contribution is 0.0655. The van der Waals surface area contributed by atoms with Crippen LogP contribution in [0.4, 0.5) is 0 Å². The average Bonchev–Trinajstić information content (AvgIpc) is 2.85. The van der Waals surface area contributed by atoms with Gasteiger partial charge < -0.3 is 14.0 Å². The van der Waals surface area contributed by atoms with Crippen molar-refractivity contribution in [3.8, 4) is 5.88 Å². The molecule has 0 atom stereocenters. The number of aromatic nitrogens is 3. The molecule has 0 saturated heterocycles. The van der Waals surface area contributed by atoms with E-state index in [9.17, 15) is 0 Å². The summed E-state index contributed by atoms with van der Waals surface area (Å²) in [4.78, 5) is 8.65. The maximum Gasteiger partial charge on any atom is 0.242 e. The number of nitrogens with zero attached hydrogens (tertiary/aromatic N) is 3. The molecule has 3 rings (SSSR count). The molecule has 24 heavy (non-hydrogen) atoms. The second-order valence-corrected chi connectivity index (χ2v) is 7.35. The molecule has 2 aromatic heterocycles. The van der Waals surface area contributed by atoms with Crippen LogP contribution in [0.3, 0.4) is 0 Å². The molecule has 0 aliphatic rings. The zero-order chi connectivity index (χ0) is 17.2. The van der Waals surface area contributed by atoms with Crippen molar-refractivity contribution in [2.75, 3.05) is 0 Å². The largest absolute Gasteiger partial charge is 0.470 e. The highest BCUT2D eigenvalue weighted by atomic mass is 79.9. The predicted molar refractivity (Wildman–Crippen MR) is 96.8 cm³/mol. The molecule has 0 fully saturated rings. The van der Waals surface area contributed by atoms with E-state index in [2.05, 4.69) is 25.9 Å². The van der Waals surface area contributed by atoms with E-state index < -0.39 is 0 Å². The summed E-state index contributed by atoms with van der Waals surface area (Å²) in [6.45, 7) is 6.92. The molecular formula is C18H20BrN3O2. The number of halogens is 1. The molecule has 1 aromatic carbocycles. The molecule has 126 valence electrons. The number of rotatable bonds is 5. The predicted octanol–water partition coefficient (Wildman–Crippen LogP) is 4.55. The Labute approximate surface area is 149 Å². The van der Waals surface area contributed by atoms with Crippen molar-refractivity contribution >= 4 is 27.0 Å². The van der Waals surface area contributed by atoms with Crippen molar-refractivity contribution in [1.82, 2.24) is 14.5 Å². The Bertz CT molecular complexity index is 825. The molecule has 0 radical (unpaired) electrons. The SMILES string of the molecule is CC(C)(C)Oc1ncnc2c(Br)cn(COCc3ccccc3)c12. The van der Waals surface area contributed by atoms with Crippen LogP contribution in [-0.2, 0) is 18.1 Å². The van der Waals surface area contributed by atoms with E-state index in [1.807, 2.05) is 61.9 Å². The second-order valence-electron chi connectivity index (χ2n) is 6.50. The molecule has 0 aliphatic heterocycles. The van der Waals surface area contributed by atoms with Crippen LogP contribution >= 0.6 is 15.9 Å². The number of ether oxygens (including phenoxy) is 2. The van der Waals surface area contributed by atoms with Crippen molar-refractivity contribution in [2.45, 2.75) is 39.7 Å². The third kappa shape index (κ3) is 3.94. The molecule has 2 heterocycles. The van der Waals surface area contributed by atoms with Gasteiger partial charge in [0.25, 0.3) is 0 Å². The second kappa shape index (κ2) is 6.91. The summed E-state index contributed by atoms with van der Waals surface area (Å²) in [7, 11) is 0. The molecule has 0 spiro atoms. The standard InChI is InChI=1S/C18H20BrN3O2/c1-18(2,3)24-17-16-15(20-11-21-17)14(19)9-22(16)12-23-10-13-7-5-4-6-8-13/h4-9,11H,10,12H2,1-3H3. The Kier molecular flexibility index (Phi) is 4.87. The van der Waals surface area contributed by atoms with Crippen LogP contribution < -0.4 is 4.74 Å². The minimum absolute atomic E-state index is 0.340. The Hall–Kier alpha value is -1.92. The molecule has 6 heteroatoms. The smallest absolute Gasteiger partial charge is 0.242 e. The third-order valence-corrected chi connectivity index (χ3v) is 3.90. The van der Waals surface area contributed by atoms with Crippen LogP contribution in [0.1, 0.15) is 26.3 Å². The number of hydrogen-bond donors (Lipinski definition) is 0. The van der Waals surface area contributed by atoms with Gasteiger partial charge in [0, 0.05) is 6.20 Å². The summed E-state index contributed by atoms with van der Waals surface area (Å²) in [6.07, 6.45) is 3.46. The topological polar surface area (TPSA) is 49.2 Å². The molecule has 0 N–H and O–H groups in total. The van der Waals surface area contributed by atoms with E-state index in [0.29, 0.717) is 19.2 Å². The maximum atomic E-state index is 5.99. The number of fused-ring (bicyclic) bond motifs is 1. The molecule has 5 nitrogen and oxygen atoms in total. The summed E-state index contributed by atoms with van der Waals surface area (Å²) in [5.41, 5.74) is 2.43. The minimum Gasteiger partial charge on any atom is -0.470 e. The van der Waals surface area contributed by atoms with E-state index in [0.717, 1.165) is 21.1 Å². The summed E-state index contributed by atoms with van der Waals surface area (Å²) >= 11 is 3.55. The van der Waals surface area contributed by atoms with Crippen molar-refractivity contribution in [2.24, 2.45) is 0 Å². The summed E-state index contributed by atoms with van der Waals surface area (Å²) in [6, 6.07) is 10.1. The van der Waals surface area contributed by atoms with Gasteiger partial charge in [0.2, 0.25) is 5.88 Å². The van der Waals surface area contributed by atoms with Crippen molar-refractivity contribution in [3.63, 3.8) is 0 Å². The van der Waals surface area contributed by atoms with E-state index in [-0.39, 0.29) is 5.60 Å². The van der Waals surface area contributed by atoms with Gasteiger partial charge in [-0.05, 0) is 42.3 Å². The van der Waals surface area contributed by atoms with Crippen LogP contribution in [-0.4, -0.2) is 20.1 Å². The maximum absolute atomic E-state index is 5.99. The molecule has 3 aromatic rings. The van der Waals surface area contributed by atoms with Crippen molar-refractivity contribution < 1.29 is 9.47 Å². The van der Waals surface area contributed by atoms with Gasteiger partial charge >= 0.3 is 0 Å². The van der Waals surface area contributed by atoms with Gasteiger partial charge in [-0.25, -0.2) is 4.98 Å². The molecule has 0 aliphatic carbocycles. The Balaban J connectivity index is 1.84. The van der Waals surface area contributed by atoms with Crippen molar-refractivity contribution in [1.29, 1.82) is 0 Å². The van der Waals surface area contributed by atoms with Gasteiger partial charge in [0.05, 0.1) is 11.1 Å². The minimum atomic E-state index is -0.340. The first-order valence-electron chi connectivity index (χ1n) is 7.74. The Morgan fingerprint density at radius 2 is 1.88 bits per heavy atom. The highest BCUT2D eigenvalue weighted by Gasteiger charge is 2.19. The highest BCUT2D eigenvalue weighted by molar-refractivity contribution is 9.10. The van der Waals surface area contributed by atoms with Crippen LogP contribution in [0.5, 0.6) is 5.88 Å². The van der Waals surface area contributed by atoms with Crippen LogP contribution in [0.2, 0.25) is 0 Å². The number of benzene rings is 1. The van der Waals surface area contributed by atoms with Crippen molar-refractivity contribution in [3.05, 3.63) is 52.9 Å². The Morgan fingerprint density at radius 3 is 2.58 bits per heavy atom. The van der Waals surface area contributed by atoms with Crippen LogP contribution in [0.25, 0.3) is 11.0 Å². The quantitative estimate of drug-likeness (QED) is 0.642. The molecule has 0 bridgehead atoms. The normalized spacial score (nSPS) is 11.8. The number of hydrogen-bond acceptors (Lipinski definition) is 4. The van der Waals surface area contributed by atoms with Crippen LogP contribution in [0, 0.1) is 0 Å². The molecule has 0 unspecified atom stereocenters. The van der Waals surface area contributed by atoms with Gasteiger partial charge in [-0.2, -0.15) is 4.98 Å². The molecular weight excluding hydrogens is 370 g/mol. The average molecular weight is 390 g/mol. The third-order valence-electron chi connectivity index (χ3n) is 3.32. The first kappa shape index (κ1) is 16.9. The Morgan fingerprint density at radius 1 is 1.12 bits per heavy atom. The van der Waals surface area contributed by atoms with Gasteiger partial charge in [0.1, 0.15) is 29.7 Å². The lowest BCUT2D eigenvalue weighted by atomic mass is 10.2. The van der Waals surface area contributed by atoms with Gasteiger partial charge in [-0.15, -0.1) is 0 Å². The summed E-state index contributed by atoms with van der Waals surface area (Å²) in [5, 5.41) is 0. The van der Waals surface area contributed by atoms with Crippen LogP contribution in [0.15, 0.2) is 47.3 Å². The first-order chi connectivity index (χ1) is 11.4. The van der Waals surface area contributed by atoms with Gasteiger partial charge in [0.15, 0.2) is 0 Å². The van der Waals surface area contributed by atoms with E-state index in [4.69, 9.17) is 9.47 Å². The highest BCUT2D eigenvalue weighted by Crippen LogP contribution is 2.31. The fourth-order valence-corrected chi connectivity index (χ4v) is 2.90. The lowest BCUT2D eigenvalue weighted by Crippen LogP contribution is -2.24. The van der Waals surface area contributed by atoms with Gasteiger partial charge in [-0.3, -0.25) is 0 Å². The first-order valence-corrected chi connectivity index (χ1v) is 8.53. The monoisotopic (exact) mass is 389 g/mol. The fourth-order valence-electron chi connectivity index (χ4n) is 2.36. The zero-order valence-electron chi connectivity index (χ0n) is 14.0. The van der Waals surface area contributed by atoms with Gasteiger partial charge in [-0.1, -0.05) is 30.3 Å².